The fourth-order valence-electron chi connectivity index (χ4n) is 2.14. The zero-order valence-electron chi connectivity index (χ0n) is 13.7. The van der Waals surface area contributed by atoms with Gasteiger partial charge in [-0.3, -0.25) is 4.79 Å². The molecular weight excluding hydrogens is 292 g/mol. The van der Waals surface area contributed by atoms with Crippen LogP contribution in [0.2, 0.25) is 0 Å². The van der Waals surface area contributed by atoms with Gasteiger partial charge in [-0.2, -0.15) is 5.10 Å². The minimum atomic E-state index is -0.250. The molecule has 1 amide bonds. The Bertz CT molecular complexity index is 739. The minimum absolute atomic E-state index is 0.250. The molecule has 120 valence electrons. The number of nitrogens with one attached hydrogen (secondary N) is 1. The van der Waals surface area contributed by atoms with E-state index in [2.05, 4.69) is 10.5 Å². The number of hydrogen-bond donors (Lipinski definition) is 1. The van der Waals surface area contributed by atoms with Crippen molar-refractivity contribution in [3.63, 3.8) is 0 Å². The predicted octanol–water partition coefficient (Wildman–Crippen LogP) is 3.17. The topological polar surface area (TPSA) is 59.9 Å². The second kappa shape index (κ2) is 7.45. The first-order chi connectivity index (χ1) is 11.0. The van der Waals surface area contributed by atoms with Crippen molar-refractivity contribution in [2.75, 3.05) is 14.2 Å². The largest absolute Gasteiger partial charge is 0.497 e. The highest BCUT2D eigenvalue weighted by Gasteiger charge is 2.09. The first kappa shape index (κ1) is 16.5. The molecule has 0 aliphatic carbocycles. The maximum Gasteiger partial charge on any atom is 0.271 e. The van der Waals surface area contributed by atoms with E-state index < -0.39 is 0 Å². The van der Waals surface area contributed by atoms with Crippen LogP contribution >= 0.6 is 0 Å². The van der Waals surface area contributed by atoms with Gasteiger partial charge < -0.3 is 9.47 Å². The standard InChI is InChI=1S/C18H20N2O3/c1-12-6-5-7-14(10-12)18(21)20-19-13(2)16-9-8-15(22-3)11-17(16)23-4/h5-11H,1-4H3,(H,20,21). The van der Waals surface area contributed by atoms with Crippen LogP contribution in [0.3, 0.4) is 0 Å². The molecule has 5 nitrogen and oxygen atoms in total. The van der Waals surface area contributed by atoms with Crippen LogP contribution in [-0.4, -0.2) is 25.8 Å². The number of aryl methyl sites for hydroxylation is 1. The van der Waals surface area contributed by atoms with Crippen LogP contribution in [-0.2, 0) is 0 Å². The van der Waals surface area contributed by atoms with Crippen LogP contribution in [0, 0.1) is 6.92 Å². The summed E-state index contributed by atoms with van der Waals surface area (Å²) >= 11 is 0. The van der Waals surface area contributed by atoms with Crippen molar-refractivity contribution < 1.29 is 14.3 Å². The van der Waals surface area contributed by atoms with E-state index in [1.165, 1.54) is 0 Å². The Morgan fingerprint density at radius 3 is 2.52 bits per heavy atom. The van der Waals surface area contributed by atoms with Gasteiger partial charge in [-0.05, 0) is 38.1 Å². The van der Waals surface area contributed by atoms with Crippen molar-refractivity contribution in [3.05, 3.63) is 59.2 Å². The van der Waals surface area contributed by atoms with Gasteiger partial charge in [0.1, 0.15) is 11.5 Å². The van der Waals surface area contributed by atoms with E-state index in [4.69, 9.17) is 9.47 Å². The number of amides is 1. The van der Waals surface area contributed by atoms with Gasteiger partial charge in [-0.1, -0.05) is 17.7 Å². The van der Waals surface area contributed by atoms with Crippen LogP contribution < -0.4 is 14.9 Å². The molecule has 0 unspecified atom stereocenters. The van der Waals surface area contributed by atoms with Crippen LogP contribution in [0.4, 0.5) is 0 Å². The highest BCUT2D eigenvalue weighted by atomic mass is 16.5. The van der Waals surface area contributed by atoms with Crippen molar-refractivity contribution >= 4 is 11.6 Å². The summed E-state index contributed by atoms with van der Waals surface area (Å²) < 4.78 is 10.5. The average Bonchev–Trinajstić information content (AvgIpc) is 2.58. The smallest absolute Gasteiger partial charge is 0.271 e. The third-order valence-electron chi connectivity index (χ3n) is 3.40. The molecule has 2 aromatic rings. The van der Waals surface area contributed by atoms with E-state index >= 15 is 0 Å². The second-order valence-corrected chi connectivity index (χ2v) is 5.07. The minimum Gasteiger partial charge on any atom is -0.497 e. The number of ether oxygens (including phenoxy) is 2. The van der Waals surface area contributed by atoms with E-state index in [0.717, 1.165) is 11.1 Å². The van der Waals surface area contributed by atoms with Gasteiger partial charge >= 0.3 is 0 Å². The van der Waals surface area contributed by atoms with Gasteiger partial charge in [0, 0.05) is 17.2 Å². The molecule has 0 atom stereocenters. The molecule has 0 spiro atoms. The lowest BCUT2D eigenvalue weighted by atomic mass is 10.1. The SMILES string of the molecule is COc1ccc(C(C)=NNC(=O)c2cccc(C)c2)c(OC)c1. The van der Waals surface area contributed by atoms with Crippen LogP contribution in [0.15, 0.2) is 47.6 Å². The van der Waals surface area contributed by atoms with Crippen molar-refractivity contribution in [1.29, 1.82) is 0 Å². The fraction of sp³-hybridized carbons (Fsp3) is 0.222. The summed E-state index contributed by atoms with van der Waals surface area (Å²) in [7, 11) is 3.17. The highest BCUT2D eigenvalue weighted by molar-refractivity contribution is 6.02. The first-order valence-corrected chi connectivity index (χ1v) is 7.19. The lowest BCUT2D eigenvalue weighted by Gasteiger charge is -2.10. The molecule has 0 heterocycles. The molecule has 0 aliphatic rings. The lowest BCUT2D eigenvalue weighted by Crippen LogP contribution is -2.19. The summed E-state index contributed by atoms with van der Waals surface area (Å²) in [5.74, 6) is 1.08. The summed E-state index contributed by atoms with van der Waals surface area (Å²) in [5.41, 5.74) is 5.60. The fourth-order valence-corrected chi connectivity index (χ4v) is 2.14. The summed E-state index contributed by atoms with van der Waals surface area (Å²) in [4.78, 5) is 12.1. The zero-order chi connectivity index (χ0) is 16.8. The summed E-state index contributed by atoms with van der Waals surface area (Å²) in [5, 5.41) is 4.16. The molecule has 0 aliphatic heterocycles. The molecule has 5 heteroatoms. The quantitative estimate of drug-likeness (QED) is 0.681. The van der Waals surface area contributed by atoms with Crippen LogP contribution in [0.25, 0.3) is 0 Å². The van der Waals surface area contributed by atoms with Gasteiger partial charge in [0.15, 0.2) is 0 Å². The normalized spacial score (nSPS) is 11.0. The molecule has 2 rings (SSSR count). The van der Waals surface area contributed by atoms with E-state index in [0.29, 0.717) is 22.8 Å². The molecule has 0 saturated heterocycles. The maximum atomic E-state index is 12.1. The molecule has 0 aromatic heterocycles. The van der Waals surface area contributed by atoms with Gasteiger partial charge in [0.2, 0.25) is 0 Å². The monoisotopic (exact) mass is 312 g/mol. The Morgan fingerprint density at radius 1 is 1.09 bits per heavy atom. The summed E-state index contributed by atoms with van der Waals surface area (Å²) in [6.45, 7) is 3.74. The number of carbonyl (C=O) groups is 1. The molecule has 2 aromatic carbocycles. The van der Waals surface area contributed by atoms with E-state index in [1.807, 2.05) is 37.3 Å². The molecule has 0 saturated carbocycles. The Balaban J connectivity index is 2.18. The number of nitrogens with zero attached hydrogens (tertiary/aromatic N) is 1. The van der Waals surface area contributed by atoms with Gasteiger partial charge in [0.05, 0.1) is 19.9 Å². The third kappa shape index (κ3) is 4.10. The van der Waals surface area contributed by atoms with Crippen molar-refractivity contribution in [2.24, 2.45) is 5.10 Å². The number of hydrazone groups is 1. The van der Waals surface area contributed by atoms with E-state index in [1.54, 1.807) is 33.3 Å². The summed E-state index contributed by atoms with van der Waals surface area (Å²) in [6.07, 6.45) is 0. The molecule has 1 N–H and O–H groups in total. The van der Waals surface area contributed by atoms with E-state index in [-0.39, 0.29) is 5.91 Å². The Hall–Kier alpha value is -2.82. The highest BCUT2D eigenvalue weighted by Crippen LogP contribution is 2.25. The molecule has 0 fully saturated rings. The van der Waals surface area contributed by atoms with Crippen molar-refractivity contribution in [2.45, 2.75) is 13.8 Å². The van der Waals surface area contributed by atoms with Gasteiger partial charge in [-0.15, -0.1) is 0 Å². The second-order valence-electron chi connectivity index (χ2n) is 5.07. The summed E-state index contributed by atoms with van der Waals surface area (Å²) in [6, 6.07) is 12.8. The zero-order valence-corrected chi connectivity index (χ0v) is 13.7. The third-order valence-corrected chi connectivity index (χ3v) is 3.40. The predicted molar refractivity (Wildman–Crippen MR) is 90.4 cm³/mol. The molecule has 0 bridgehead atoms. The van der Waals surface area contributed by atoms with Crippen molar-refractivity contribution in [3.8, 4) is 11.5 Å². The molecule has 23 heavy (non-hydrogen) atoms. The number of hydrogen-bond acceptors (Lipinski definition) is 4. The number of methoxy groups -OCH3 is 2. The van der Waals surface area contributed by atoms with Gasteiger partial charge in [-0.25, -0.2) is 5.43 Å². The van der Waals surface area contributed by atoms with E-state index in [9.17, 15) is 4.79 Å². The molecular formula is C18H20N2O3. The van der Waals surface area contributed by atoms with Crippen LogP contribution in [0.5, 0.6) is 11.5 Å². The first-order valence-electron chi connectivity index (χ1n) is 7.19. The van der Waals surface area contributed by atoms with Gasteiger partial charge in [0.25, 0.3) is 5.91 Å². The van der Waals surface area contributed by atoms with Crippen LogP contribution in [0.1, 0.15) is 28.4 Å². The average molecular weight is 312 g/mol. The Labute approximate surface area is 135 Å². The van der Waals surface area contributed by atoms with Crippen molar-refractivity contribution in [1.82, 2.24) is 5.43 Å². The lowest BCUT2D eigenvalue weighted by molar-refractivity contribution is 0.0954. The maximum absolute atomic E-state index is 12.1. The Kier molecular flexibility index (Phi) is 5.36. The number of rotatable bonds is 5. The number of carbonyl (C=O) groups excluding carboxylic acids is 1. The Morgan fingerprint density at radius 2 is 1.87 bits per heavy atom. The number of benzene rings is 2. The molecule has 0 radical (unpaired) electrons.